The van der Waals surface area contributed by atoms with Crippen molar-refractivity contribution in [1.82, 2.24) is 10.6 Å². The van der Waals surface area contributed by atoms with E-state index < -0.39 is 0 Å². The number of carbonyl (C=O) groups excluding carboxylic acids is 1. The molecule has 0 bridgehead atoms. The summed E-state index contributed by atoms with van der Waals surface area (Å²) in [5, 5.41) is 6.46. The number of ether oxygens (including phenoxy) is 3. The number of hydrogen-bond donors (Lipinski definition) is 2. The van der Waals surface area contributed by atoms with Gasteiger partial charge < -0.3 is 24.8 Å². The summed E-state index contributed by atoms with van der Waals surface area (Å²) in [4.78, 5) is 12.3. The summed E-state index contributed by atoms with van der Waals surface area (Å²) >= 11 is 0. The molecule has 0 unspecified atom stereocenters. The summed E-state index contributed by atoms with van der Waals surface area (Å²) in [5.41, 5.74) is 1.08. The zero-order valence-corrected chi connectivity index (χ0v) is 16.7. The minimum atomic E-state index is 0. The smallest absolute Gasteiger partial charge is 0.220 e. The Morgan fingerprint density at radius 2 is 1.73 bits per heavy atom. The quantitative estimate of drug-likeness (QED) is 0.680. The topological polar surface area (TPSA) is 68.8 Å². The van der Waals surface area contributed by atoms with Crippen LogP contribution in [0.5, 0.6) is 11.5 Å². The van der Waals surface area contributed by atoms with Crippen LogP contribution in [0.4, 0.5) is 0 Å². The van der Waals surface area contributed by atoms with Gasteiger partial charge in [-0.05, 0) is 50.0 Å². The van der Waals surface area contributed by atoms with E-state index in [4.69, 9.17) is 14.2 Å². The molecule has 0 spiro atoms. The van der Waals surface area contributed by atoms with Gasteiger partial charge in [-0.2, -0.15) is 0 Å². The Balaban J connectivity index is 0.00000338. The highest BCUT2D eigenvalue weighted by molar-refractivity contribution is 5.85. The molecule has 1 fully saturated rings. The number of aryl methyl sites for hydroxylation is 1. The average Bonchev–Trinajstić information content (AvgIpc) is 2.65. The van der Waals surface area contributed by atoms with Gasteiger partial charge >= 0.3 is 0 Å². The van der Waals surface area contributed by atoms with Crippen LogP contribution < -0.4 is 20.1 Å². The highest BCUT2D eigenvalue weighted by Crippen LogP contribution is 2.28. The maximum absolute atomic E-state index is 12.3. The summed E-state index contributed by atoms with van der Waals surface area (Å²) in [6.07, 6.45) is 3.14. The Bertz CT molecular complexity index is 535. The molecule has 1 saturated heterocycles. The Hall–Kier alpha value is -1.50. The molecule has 0 aromatic heterocycles. The van der Waals surface area contributed by atoms with Gasteiger partial charge in [0.1, 0.15) is 11.5 Å². The number of halogens is 1. The summed E-state index contributed by atoms with van der Waals surface area (Å²) < 4.78 is 15.9. The number of benzene rings is 1. The molecule has 1 amide bonds. The van der Waals surface area contributed by atoms with Crippen molar-refractivity contribution in [3.05, 3.63) is 23.8 Å². The third-order valence-electron chi connectivity index (χ3n) is 4.83. The van der Waals surface area contributed by atoms with Crippen LogP contribution in [-0.4, -0.2) is 53.5 Å². The number of nitrogens with one attached hydrogen (secondary N) is 2. The van der Waals surface area contributed by atoms with Gasteiger partial charge in [0.25, 0.3) is 0 Å². The molecule has 26 heavy (non-hydrogen) atoms. The lowest BCUT2D eigenvalue weighted by Gasteiger charge is -2.37. The lowest BCUT2D eigenvalue weighted by molar-refractivity contribution is -0.122. The summed E-state index contributed by atoms with van der Waals surface area (Å²) in [6.45, 7) is 3.30. The molecule has 1 aromatic rings. The fourth-order valence-electron chi connectivity index (χ4n) is 3.28. The molecule has 2 N–H and O–H groups in total. The van der Waals surface area contributed by atoms with E-state index in [0.29, 0.717) is 26.0 Å². The molecule has 6 nitrogen and oxygen atoms in total. The maximum atomic E-state index is 12.3. The molecule has 0 aliphatic carbocycles. The Kier molecular flexibility index (Phi) is 9.76. The van der Waals surface area contributed by atoms with Crippen molar-refractivity contribution in [2.45, 2.75) is 25.7 Å². The first-order chi connectivity index (χ1) is 12.1. The zero-order chi connectivity index (χ0) is 18.1. The minimum Gasteiger partial charge on any atom is -0.497 e. The van der Waals surface area contributed by atoms with E-state index in [-0.39, 0.29) is 23.7 Å². The van der Waals surface area contributed by atoms with E-state index in [9.17, 15) is 4.79 Å². The second kappa shape index (κ2) is 11.3. The molecule has 0 atom stereocenters. The minimum absolute atomic E-state index is 0. The highest BCUT2D eigenvalue weighted by Gasteiger charge is 2.32. The van der Waals surface area contributed by atoms with E-state index in [1.165, 1.54) is 0 Å². The SMILES string of the molecule is COCC1(CNC(=O)CCc2cc(OC)cc(OC)c2)CCNCC1.Cl. The van der Waals surface area contributed by atoms with Crippen molar-refractivity contribution in [2.75, 3.05) is 47.6 Å². The predicted octanol–water partition coefficient (Wildman–Crippen LogP) is 2.19. The summed E-state index contributed by atoms with van der Waals surface area (Å²) in [5.74, 6) is 1.54. The number of hydrogen-bond acceptors (Lipinski definition) is 5. The van der Waals surface area contributed by atoms with E-state index in [0.717, 1.165) is 43.0 Å². The molecular weight excluding hydrogens is 356 g/mol. The van der Waals surface area contributed by atoms with Crippen molar-refractivity contribution in [3.8, 4) is 11.5 Å². The Morgan fingerprint density at radius 3 is 2.27 bits per heavy atom. The van der Waals surface area contributed by atoms with Gasteiger partial charge in [-0.25, -0.2) is 0 Å². The third kappa shape index (κ3) is 6.67. The fourth-order valence-corrected chi connectivity index (χ4v) is 3.28. The molecule has 1 aliphatic rings. The molecule has 0 radical (unpaired) electrons. The molecule has 1 aromatic carbocycles. The zero-order valence-electron chi connectivity index (χ0n) is 15.9. The highest BCUT2D eigenvalue weighted by atomic mass is 35.5. The third-order valence-corrected chi connectivity index (χ3v) is 4.83. The van der Waals surface area contributed by atoms with E-state index >= 15 is 0 Å². The van der Waals surface area contributed by atoms with Crippen LogP contribution in [0.2, 0.25) is 0 Å². The number of methoxy groups -OCH3 is 3. The largest absolute Gasteiger partial charge is 0.497 e. The maximum Gasteiger partial charge on any atom is 0.220 e. The van der Waals surface area contributed by atoms with Crippen molar-refractivity contribution in [3.63, 3.8) is 0 Å². The standard InChI is InChI=1S/C19H30N2O4.ClH/c1-23-14-19(6-8-20-9-7-19)13-21-18(22)5-4-15-10-16(24-2)12-17(11-15)25-3;/h10-12,20H,4-9,13-14H2,1-3H3,(H,21,22);1H. The first kappa shape index (κ1) is 22.5. The fraction of sp³-hybridized carbons (Fsp3) is 0.632. The first-order valence-corrected chi connectivity index (χ1v) is 8.79. The van der Waals surface area contributed by atoms with Crippen LogP contribution in [0.3, 0.4) is 0 Å². The normalized spacial score (nSPS) is 15.7. The van der Waals surface area contributed by atoms with Gasteiger partial charge in [-0.1, -0.05) is 0 Å². The average molecular weight is 387 g/mol. The van der Waals surface area contributed by atoms with Crippen LogP contribution in [0.25, 0.3) is 0 Å². The summed E-state index contributed by atoms with van der Waals surface area (Å²) in [6, 6.07) is 5.71. The molecule has 0 saturated carbocycles. The van der Waals surface area contributed by atoms with Gasteiger partial charge in [0.05, 0.1) is 20.8 Å². The molecule has 1 heterocycles. The van der Waals surface area contributed by atoms with Gasteiger partial charge in [-0.15, -0.1) is 12.4 Å². The van der Waals surface area contributed by atoms with Crippen LogP contribution in [0, 0.1) is 5.41 Å². The van der Waals surface area contributed by atoms with Crippen LogP contribution >= 0.6 is 12.4 Å². The van der Waals surface area contributed by atoms with Gasteiger partial charge in [0.15, 0.2) is 0 Å². The van der Waals surface area contributed by atoms with Crippen LogP contribution in [0.15, 0.2) is 18.2 Å². The molecule has 2 rings (SSSR count). The monoisotopic (exact) mass is 386 g/mol. The van der Waals surface area contributed by atoms with E-state index in [1.54, 1.807) is 21.3 Å². The summed E-state index contributed by atoms with van der Waals surface area (Å²) in [7, 11) is 4.97. The van der Waals surface area contributed by atoms with E-state index in [1.807, 2.05) is 18.2 Å². The first-order valence-electron chi connectivity index (χ1n) is 8.79. The van der Waals surface area contributed by atoms with Crippen LogP contribution in [0.1, 0.15) is 24.8 Å². The second-order valence-corrected chi connectivity index (χ2v) is 6.68. The van der Waals surface area contributed by atoms with Crippen molar-refractivity contribution in [2.24, 2.45) is 5.41 Å². The number of amides is 1. The van der Waals surface area contributed by atoms with Crippen molar-refractivity contribution in [1.29, 1.82) is 0 Å². The molecular formula is C19H31ClN2O4. The number of carbonyl (C=O) groups is 1. The number of piperidine rings is 1. The lowest BCUT2D eigenvalue weighted by atomic mass is 9.79. The number of rotatable bonds is 9. The van der Waals surface area contributed by atoms with Crippen molar-refractivity contribution < 1.29 is 19.0 Å². The lowest BCUT2D eigenvalue weighted by Crippen LogP contribution is -2.47. The molecule has 148 valence electrons. The van der Waals surface area contributed by atoms with Gasteiger partial charge in [-0.3, -0.25) is 4.79 Å². The molecule has 1 aliphatic heterocycles. The van der Waals surface area contributed by atoms with Gasteiger partial charge in [0.2, 0.25) is 5.91 Å². The van der Waals surface area contributed by atoms with Gasteiger partial charge in [0, 0.05) is 31.6 Å². The Morgan fingerprint density at radius 1 is 1.12 bits per heavy atom. The Labute approximate surface area is 162 Å². The van der Waals surface area contributed by atoms with Crippen molar-refractivity contribution >= 4 is 18.3 Å². The molecule has 7 heteroatoms. The predicted molar refractivity (Wildman–Crippen MR) is 105 cm³/mol. The van der Waals surface area contributed by atoms with E-state index in [2.05, 4.69) is 10.6 Å². The van der Waals surface area contributed by atoms with Crippen LogP contribution in [-0.2, 0) is 16.0 Å². The second-order valence-electron chi connectivity index (χ2n) is 6.68.